The molecule has 0 aliphatic carbocycles. The molecular formula is C11H11N3S. The Morgan fingerprint density at radius 1 is 1.53 bits per heavy atom. The molecule has 4 heteroatoms. The summed E-state index contributed by atoms with van der Waals surface area (Å²) in [6, 6.07) is 0. The summed E-state index contributed by atoms with van der Waals surface area (Å²) in [7, 11) is 1.94. The largest absolute Gasteiger partial charge is 0.348 e. The Morgan fingerprint density at radius 3 is 3.07 bits per heavy atom. The Kier molecular flexibility index (Phi) is 2.57. The molecule has 0 spiro atoms. The van der Waals surface area contributed by atoms with E-state index in [1.807, 2.05) is 11.9 Å². The quantitative estimate of drug-likeness (QED) is 0.721. The fourth-order valence-corrected chi connectivity index (χ4v) is 2.38. The summed E-state index contributed by atoms with van der Waals surface area (Å²) in [4.78, 5) is 11.5. The average molecular weight is 217 g/mol. The van der Waals surface area contributed by atoms with E-state index in [-0.39, 0.29) is 0 Å². The zero-order chi connectivity index (χ0) is 10.8. The van der Waals surface area contributed by atoms with Crippen LogP contribution in [0.25, 0.3) is 10.2 Å². The second-order valence-corrected chi connectivity index (χ2v) is 4.21. The van der Waals surface area contributed by atoms with Crippen molar-refractivity contribution in [1.29, 1.82) is 0 Å². The van der Waals surface area contributed by atoms with Gasteiger partial charge in [0.25, 0.3) is 0 Å². The van der Waals surface area contributed by atoms with E-state index in [0.29, 0.717) is 6.54 Å². The fraction of sp³-hybridized carbons (Fsp3) is 0.273. The number of rotatable bonds is 2. The predicted molar refractivity (Wildman–Crippen MR) is 64.3 cm³/mol. The fourth-order valence-electron chi connectivity index (χ4n) is 1.50. The first kappa shape index (κ1) is 9.94. The normalized spacial score (nSPS) is 10.2. The molecule has 0 atom stereocenters. The third kappa shape index (κ3) is 1.66. The number of nitrogens with zero attached hydrogens (tertiary/aromatic N) is 3. The number of anilines is 1. The topological polar surface area (TPSA) is 29.0 Å². The Bertz CT molecular complexity index is 524. The summed E-state index contributed by atoms with van der Waals surface area (Å²) in [5, 5.41) is 3.20. The van der Waals surface area contributed by atoms with Crippen LogP contribution in [0.2, 0.25) is 0 Å². The SMILES string of the molecule is C#CCN(C)c1ncnc2scc(C)c12. The molecule has 0 N–H and O–H groups in total. The number of thiophene rings is 1. The van der Waals surface area contributed by atoms with Crippen LogP contribution in [0.4, 0.5) is 5.82 Å². The minimum Gasteiger partial charge on any atom is -0.348 e. The highest BCUT2D eigenvalue weighted by Crippen LogP contribution is 2.29. The highest BCUT2D eigenvalue weighted by Gasteiger charge is 2.11. The van der Waals surface area contributed by atoms with Gasteiger partial charge < -0.3 is 4.90 Å². The molecule has 2 rings (SSSR count). The maximum Gasteiger partial charge on any atom is 0.141 e. The lowest BCUT2D eigenvalue weighted by molar-refractivity contribution is 1.01. The third-order valence-electron chi connectivity index (χ3n) is 2.22. The van der Waals surface area contributed by atoms with E-state index in [2.05, 4.69) is 28.2 Å². The van der Waals surface area contributed by atoms with Gasteiger partial charge in [-0.2, -0.15) is 0 Å². The number of aryl methyl sites for hydroxylation is 1. The molecule has 0 radical (unpaired) electrons. The van der Waals surface area contributed by atoms with Crippen molar-refractivity contribution in [1.82, 2.24) is 9.97 Å². The summed E-state index contributed by atoms with van der Waals surface area (Å²) < 4.78 is 0. The van der Waals surface area contributed by atoms with Gasteiger partial charge in [-0.15, -0.1) is 17.8 Å². The van der Waals surface area contributed by atoms with Gasteiger partial charge >= 0.3 is 0 Å². The van der Waals surface area contributed by atoms with Crippen molar-refractivity contribution in [2.45, 2.75) is 6.92 Å². The maximum absolute atomic E-state index is 5.29. The Morgan fingerprint density at radius 2 is 2.33 bits per heavy atom. The van der Waals surface area contributed by atoms with Crippen LogP contribution in [0.15, 0.2) is 11.7 Å². The second kappa shape index (κ2) is 3.87. The molecule has 0 saturated heterocycles. The van der Waals surface area contributed by atoms with Crippen LogP contribution < -0.4 is 4.90 Å². The van der Waals surface area contributed by atoms with Gasteiger partial charge in [0.15, 0.2) is 0 Å². The van der Waals surface area contributed by atoms with Crippen molar-refractivity contribution < 1.29 is 0 Å². The van der Waals surface area contributed by atoms with Crippen LogP contribution in [0.5, 0.6) is 0 Å². The minimum absolute atomic E-state index is 0.557. The Balaban J connectivity index is 2.60. The standard InChI is InChI=1S/C11H11N3S/c1-4-5-14(3)10-9-8(2)6-15-11(9)13-7-12-10/h1,6-7H,5H2,2-3H3. The number of hydrogen-bond donors (Lipinski definition) is 0. The van der Waals surface area contributed by atoms with Gasteiger partial charge in [0.05, 0.1) is 11.9 Å². The zero-order valence-electron chi connectivity index (χ0n) is 8.69. The smallest absolute Gasteiger partial charge is 0.141 e. The third-order valence-corrected chi connectivity index (χ3v) is 3.23. The lowest BCUT2D eigenvalue weighted by Crippen LogP contribution is -2.18. The number of aromatic nitrogens is 2. The molecule has 0 aliphatic heterocycles. The molecule has 0 aliphatic rings. The lowest BCUT2D eigenvalue weighted by Gasteiger charge is -2.15. The first-order valence-electron chi connectivity index (χ1n) is 4.57. The van der Waals surface area contributed by atoms with E-state index >= 15 is 0 Å². The van der Waals surface area contributed by atoms with Gasteiger partial charge in [0.1, 0.15) is 17.0 Å². The molecule has 0 unspecified atom stereocenters. The first-order chi connectivity index (χ1) is 7.24. The summed E-state index contributed by atoms with van der Waals surface area (Å²) in [5.74, 6) is 3.52. The molecule has 2 aromatic heterocycles. The van der Waals surface area contributed by atoms with E-state index in [1.165, 1.54) is 5.56 Å². The summed E-state index contributed by atoms with van der Waals surface area (Å²) in [6.07, 6.45) is 6.88. The van der Waals surface area contributed by atoms with Gasteiger partial charge in [-0.1, -0.05) is 5.92 Å². The Labute approximate surface area is 92.8 Å². The predicted octanol–water partition coefficient (Wildman–Crippen LogP) is 2.07. The summed E-state index contributed by atoms with van der Waals surface area (Å²) >= 11 is 1.63. The van der Waals surface area contributed by atoms with Crippen molar-refractivity contribution in [3.05, 3.63) is 17.3 Å². The van der Waals surface area contributed by atoms with Crippen LogP contribution in [0.3, 0.4) is 0 Å². The molecule has 0 aromatic carbocycles. The van der Waals surface area contributed by atoms with E-state index < -0.39 is 0 Å². The highest BCUT2D eigenvalue weighted by molar-refractivity contribution is 7.17. The molecule has 0 bridgehead atoms. The first-order valence-corrected chi connectivity index (χ1v) is 5.45. The molecule has 0 amide bonds. The van der Waals surface area contributed by atoms with E-state index in [4.69, 9.17) is 6.42 Å². The van der Waals surface area contributed by atoms with Crippen LogP contribution in [0.1, 0.15) is 5.56 Å². The van der Waals surface area contributed by atoms with Crippen molar-refractivity contribution in [3.8, 4) is 12.3 Å². The van der Waals surface area contributed by atoms with E-state index in [9.17, 15) is 0 Å². The summed E-state index contributed by atoms with van der Waals surface area (Å²) in [5.41, 5.74) is 1.20. The Hall–Kier alpha value is -1.60. The average Bonchev–Trinajstić information content (AvgIpc) is 2.61. The van der Waals surface area contributed by atoms with Gasteiger partial charge in [0, 0.05) is 7.05 Å². The molecule has 3 nitrogen and oxygen atoms in total. The van der Waals surface area contributed by atoms with Gasteiger partial charge in [0.2, 0.25) is 0 Å². The summed E-state index contributed by atoms with van der Waals surface area (Å²) in [6.45, 7) is 2.62. The maximum atomic E-state index is 5.29. The van der Waals surface area contributed by atoms with Crippen molar-refractivity contribution >= 4 is 27.4 Å². The van der Waals surface area contributed by atoms with Crippen LogP contribution >= 0.6 is 11.3 Å². The molecule has 0 fully saturated rings. The highest BCUT2D eigenvalue weighted by atomic mass is 32.1. The number of terminal acetylenes is 1. The van der Waals surface area contributed by atoms with Crippen molar-refractivity contribution in [3.63, 3.8) is 0 Å². The van der Waals surface area contributed by atoms with Crippen molar-refractivity contribution in [2.75, 3.05) is 18.5 Å². The molecular weight excluding hydrogens is 206 g/mol. The zero-order valence-corrected chi connectivity index (χ0v) is 9.51. The monoisotopic (exact) mass is 217 g/mol. The van der Waals surface area contributed by atoms with Crippen LogP contribution in [-0.2, 0) is 0 Å². The van der Waals surface area contributed by atoms with Gasteiger partial charge in [-0.25, -0.2) is 9.97 Å². The molecule has 15 heavy (non-hydrogen) atoms. The molecule has 2 heterocycles. The molecule has 0 saturated carbocycles. The van der Waals surface area contributed by atoms with Crippen molar-refractivity contribution in [2.24, 2.45) is 0 Å². The number of hydrogen-bond acceptors (Lipinski definition) is 4. The van der Waals surface area contributed by atoms with Crippen LogP contribution in [0, 0.1) is 19.3 Å². The second-order valence-electron chi connectivity index (χ2n) is 3.36. The molecule has 76 valence electrons. The van der Waals surface area contributed by atoms with E-state index in [0.717, 1.165) is 16.0 Å². The lowest BCUT2D eigenvalue weighted by atomic mass is 10.2. The number of fused-ring (bicyclic) bond motifs is 1. The van der Waals surface area contributed by atoms with Gasteiger partial charge in [-0.05, 0) is 17.9 Å². The minimum atomic E-state index is 0.557. The van der Waals surface area contributed by atoms with E-state index in [1.54, 1.807) is 17.7 Å². The van der Waals surface area contributed by atoms with Gasteiger partial charge in [-0.3, -0.25) is 0 Å². The molecule has 2 aromatic rings. The van der Waals surface area contributed by atoms with Crippen LogP contribution in [-0.4, -0.2) is 23.6 Å².